The highest BCUT2D eigenvalue weighted by Gasteiger charge is 2.20. The molecule has 5 heteroatoms. The molecule has 0 radical (unpaired) electrons. The van der Waals surface area contributed by atoms with Gasteiger partial charge in [0.25, 0.3) is 0 Å². The lowest BCUT2D eigenvalue weighted by atomic mass is 10.2. The van der Waals surface area contributed by atoms with Crippen LogP contribution in [-0.4, -0.2) is 56.0 Å². The van der Waals surface area contributed by atoms with E-state index in [9.17, 15) is 4.79 Å². The second-order valence-electron chi connectivity index (χ2n) is 5.14. The Morgan fingerprint density at radius 2 is 2.25 bits per heavy atom. The lowest BCUT2D eigenvalue weighted by Crippen LogP contribution is -2.46. The highest BCUT2D eigenvalue weighted by molar-refractivity contribution is 5.67. The van der Waals surface area contributed by atoms with E-state index in [0.717, 1.165) is 19.7 Å². The Balaban J connectivity index is 2.21. The van der Waals surface area contributed by atoms with Crippen molar-refractivity contribution in [3.63, 3.8) is 0 Å². The van der Waals surface area contributed by atoms with Gasteiger partial charge < -0.3 is 19.7 Å². The van der Waals surface area contributed by atoms with Crippen LogP contribution in [0.2, 0.25) is 0 Å². The number of likely N-dealkylation sites (N-methyl/N-ethyl adjacent to an activating group) is 1. The molecule has 0 saturated carbocycles. The number of alkyl carbamates (subject to hydrolysis) is 1. The Kier molecular flexibility index (Phi) is 4.56. The lowest BCUT2D eigenvalue weighted by molar-refractivity contribution is -0.0201. The molecule has 5 nitrogen and oxygen atoms in total. The number of morpholine rings is 1. The minimum absolute atomic E-state index is 0.0614. The van der Waals surface area contributed by atoms with Gasteiger partial charge in [0.15, 0.2) is 0 Å². The number of carbonyl (C=O) groups is 1. The first-order valence-corrected chi connectivity index (χ1v) is 5.64. The Bertz CT molecular complexity index is 238. The first-order valence-electron chi connectivity index (χ1n) is 5.64. The number of hydrogen-bond acceptors (Lipinski definition) is 4. The van der Waals surface area contributed by atoms with Gasteiger partial charge in [-0.1, -0.05) is 0 Å². The minimum Gasteiger partial charge on any atom is -0.444 e. The van der Waals surface area contributed by atoms with E-state index in [1.165, 1.54) is 0 Å². The van der Waals surface area contributed by atoms with Crippen LogP contribution in [0.25, 0.3) is 0 Å². The molecule has 0 aliphatic carbocycles. The van der Waals surface area contributed by atoms with Gasteiger partial charge in [0.05, 0.1) is 12.7 Å². The maximum atomic E-state index is 11.4. The fourth-order valence-corrected chi connectivity index (χ4v) is 1.50. The smallest absolute Gasteiger partial charge is 0.407 e. The maximum absolute atomic E-state index is 11.4. The standard InChI is InChI=1S/C11H22N2O3/c1-11(2,3)16-10(14)12-7-9-8-13(4)5-6-15-9/h9H,5-8H2,1-4H3,(H,12,14)/t9-/m0/s1. The molecule has 1 saturated heterocycles. The second kappa shape index (κ2) is 5.50. The molecule has 1 amide bonds. The van der Waals surface area contributed by atoms with Crippen molar-refractivity contribution >= 4 is 6.09 Å². The number of rotatable bonds is 2. The number of nitrogens with one attached hydrogen (secondary N) is 1. The summed E-state index contributed by atoms with van der Waals surface area (Å²) in [5, 5.41) is 2.72. The first kappa shape index (κ1) is 13.3. The zero-order chi connectivity index (χ0) is 12.2. The van der Waals surface area contributed by atoms with E-state index in [1.807, 2.05) is 27.8 Å². The van der Waals surface area contributed by atoms with Crippen LogP contribution in [0.3, 0.4) is 0 Å². The molecule has 1 N–H and O–H groups in total. The summed E-state index contributed by atoms with van der Waals surface area (Å²) in [6.45, 7) is 8.54. The zero-order valence-corrected chi connectivity index (χ0v) is 10.6. The van der Waals surface area contributed by atoms with E-state index >= 15 is 0 Å². The second-order valence-corrected chi connectivity index (χ2v) is 5.14. The molecule has 0 bridgehead atoms. The van der Waals surface area contributed by atoms with Crippen molar-refractivity contribution < 1.29 is 14.3 Å². The van der Waals surface area contributed by atoms with Gasteiger partial charge in [-0.05, 0) is 27.8 Å². The van der Waals surface area contributed by atoms with Gasteiger partial charge in [-0.2, -0.15) is 0 Å². The average molecular weight is 230 g/mol. The number of amides is 1. The number of hydrogen-bond donors (Lipinski definition) is 1. The summed E-state index contributed by atoms with van der Waals surface area (Å²) in [4.78, 5) is 13.6. The van der Waals surface area contributed by atoms with Gasteiger partial charge in [0.1, 0.15) is 5.60 Å². The Labute approximate surface area is 97.1 Å². The predicted molar refractivity (Wildman–Crippen MR) is 61.5 cm³/mol. The molecular weight excluding hydrogens is 208 g/mol. The summed E-state index contributed by atoms with van der Waals surface area (Å²) in [6.07, 6.45) is -0.324. The molecule has 1 aliphatic heterocycles. The minimum atomic E-state index is -0.450. The largest absolute Gasteiger partial charge is 0.444 e. The van der Waals surface area contributed by atoms with Gasteiger partial charge >= 0.3 is 6.09 Å². The molecule has 1 heterocycles. The zero-order valence-electron chi connectivity index (χ0n) is 10.6. The van der Waals surface area contributed by atoms with Gasteiger partial charge in [-0.15, -0.1) is 0 Å². The molecule has 0 aromatic rings. The van der Waals surface area contributed by atoms with Crippen LogP contribution in [0.5, 0.6) is 0 Å². The summed E-state index contributed by atoms with van der Waals surface area (Å²) >= 11 is 0. The Hall–Kier alpha value is -0.810. The van der Waals surface area contributed by atoms with E-state index in [0.29, 0.717) is 6.54 Å². The van der Waals surface area contributed by atoms with Crippen molar-refractivity contribution in [1.82, 2.24) is 10.2 Å². The monoisotopic (exact) mass is 230 g/mol. The van der Waals surface area contributed by atoms with Crippen LogP contribution >= 0.6 is 0 Å². The van der Waals surface area contributed by atoms with Crippen molar-refractivity contribution in [3.05, 3.63) is 0 Å². The number of nitrogens with zero attached hydrogens (tertiary/aromatic N) is 1. The SMILES string of the molecule is CN1CCO[C@@H](CNC(=O)OC(C)(C)C)C1. The highest BCUT2D eigenvalue weighted by atomic mass is 16.6. The van der Waals surface area contributed by atoms with E-state index in [1.54, 1.807) is 0 Å². The van der Waals surface area contributed by atoms with Crippen molar-refractivity contribution in [2.24, 2.45) is 0 Å². The normalized spacial score (nSPS) is 22.9. The van der Waals surface area contributed by atoms with Crippen LogP contribution < -0.4 is 5.32 Å². The molecule has 0 aromatic carbocycles. The third-order valence-corrected chi connectivity index (χ3v) is 2.21. The number of carbonyl (C=O) groups excluding carboxylic acids is 1. The summed E-state index contributed by atoms with van der Waals surface area (Å²) in [5.74, 6) is 0. The lowest BCUT2D eigenvalue weighted by Gasteiger charge is -2.30. The molecule has 1 aliphatic rings. The highest BCUT2D eigenvalue weighted by Crippen LogP contribution is 2.07. The molecule has 0 spiro atoms. The quantitative estimate of drug-likeness (QED) is 0.764. The molecule has 1 fully saturated rings. The van der Waals surface area contributed by atoms with E-state index in [-0.39, 0.29) is 12.2 Å². The van der Waals surface area contributed by atoms with Gasteiger partial charge in [0.2, 0.25) is 0 Å². The molecule has 16 heavy (non-hydrogen) atoms. The van der Waals surface area contributed by atoms with Crippen LogP contribution in [0, 0.1) is 0 Å². The van der Waals surface area contributed by atoms with Crippen molar-refractivity contribution in [1.29, 1.82) is 0 Å². The van der Waals surface area contributed by atoms with E-state index < -0.39 is 5.60 Å². The molecular formula is C11H22N2O3. The molecule has 0 unspecified atom stereocenters. The summed E-state index contributed by atoms with van der Waals surface area (Å²) < 4.78 is 10.7. The van der Waals surface area contributed by atoms with Crippen LogP contribution in [0.15, 0.2) is 0 Å². The Morgan fingerprint density at radius 1 is 1.56 bits per heavy atom. The van der Waals surface area contributed by atoms with Crippen LogP contribution in [0.4, 0.5) is 4.79 Å². The molecule has 1 atom stereocenters. The van der Waals surface area contributed by atoms with Crippen molar-refractivity contribution in [2.75, 3.05) is 33.3 Å². The first-order chi connectivity index (χ1) is 7.37. The average Bonchev–Trinajstić information content (AvgIpc) is 2.12. The summed E-state index contributed by atoms with van der Waals surface area (Å²) in [5.41, 5.74) is -0.450. The maximum Gasteiger partial charge on any atom is 0.407 e. The fourth-order valence-electron chi connectivity index (χ4n) is 1.50. The van der Waals surface area contributed by atoms with Gasteiger partial charge in [-0.3, -0.25) is 0 Å². The third-order valence-electron chi connectivity index (χ3n) is 2.21. The fraction of sp³-hybridized carbons (Fsp3) is 0.909. The van der Waals surface area contributed by atoms with Gasteiger partial charge in [0, 0.05) is 19.6 Å². The summed E-state index contributed by atoms with van der Waals surface area (Å²) in [7, 11) is 2.04. The number of ether oxygens (including phenoxy) is 2. The van der Waals surface area contributed by atoms with Gasteiger partial charge in [-0.25, -0.2) is 4.79 Å². The summed E-state index contributed by atoms with van der Waals surface area (Å²) in [6, 6.07) is 0. The molecule has 0 aromatic heterocycles. The van der Waals surface area contributed by atoms with Crippen LogP contribution in [0.1, 0.15) is 20.8 Å². The van der Waals surface area contributed by atoms with Crippen LogP contribution in [-0.2, 0) is 9.47 Å². The van der Waals surface area contributed by atoms with Crippen molar-refractivity contribution in [3.8, 4) is 0 Å². The third kappa shape index (κ3) is 5.32. The molecule has 1 rings (SSSR count). The van der Waals surface area contributed by atoms with E-state index in [4.69, 9.17) is 9.47 Å². The predicted octanol–water partition coefficient (Wildman–Crippen LogP) is 0.842. The Morgan fingerprint density at radius 3 is 2.81 bits per heavy atom. The molecule has 94 valence electrons. The van der Waals surface area contributed by atoms with E-state index in [2.05, 4.69) is 10.2 Å². The van der Waals surface area contributed by atoms with Crippen molar-refractivity contribution in [2.45, 2.75) is 32.5 Å². The topological polar surface area (TPSA) is 50.8 Å².